The molecule has 0 fully saturated rings. The zero-order chi connectivity index (χ0) is 15.0. The zero-order valence-electron chi connectivity index (χ0n) is 12.1. The second-order valence-corrected chi connectivity index (χ2v) is 6.76. The summed E-state index contributed by atoms with van der Waals surface area (Å²) in [7, 11) is -1.95. The fourth-order valence-electron chi connectivity index (χ4n) is 1.84. The third kappa shape index (κ3) is 6.00. The number of aliphatic hydroxyl groups excluding tert-OH is 1. The van der Waals surface area contributed by atoms with Gasteiger partial charge in [-0.3, -0.25) is 0 Å². The lowest BCUT2D eigenvalue weighted by Crippen LogP contribution is -2.43. The van der Waals surface area contributed by atoms with E-state index in [2.05, 4.69) is 4.72 Å². The van der Waals surface area contributed by atoms with Crippen molar-refractivity contribution in [3.8, 4) is 0 Å². The Morgan fingerprint density at radius 1 is 1.30 bits per heavy atom. The summed E-state index contributed by atoms with van der Waals surface area (Å²) in [6, 6.07) is 9.87. The first-order valence-corrected chi connectivity index (χ1v) is 8.28. The van der Waals surface area contributed by atoms with Crippen molar-refractivity contribution < 1.29 is 13.5 Å². The average molecular weight is 300 g/mol. The third-order valence-corrected chi connectivity index (χ3v) is 4.80. The minimum atomic E-state index is -3.46. The molecule has 0 aliphatic rings. The lowest BCUT2D eigenvalue weighted by atomic mass is 10.1. The number of hydrogen-bond donors (Lipinski definition) is 2. The maximum absolute atomic E-state index is 12.0. The highest BCUT2D eigenvalue weighted by atomic mass is 32.2. The first-order chi connectivity index (χ1) is 9.45. The summed E-state index contributed by atoms with van der Waals surface area (Å²) in [5.74, 6) is 0. The van der Waals surface area contributed by atoms with Gasteiger partial charge >= 0.3 is 0 Å². The third-order valence-electron chi connectivity index (χ3n) is 3.10. The molecular weight excluding hydrogens is 276 g/mol. The largest absolute Gasteiger partial charge is 0.396 e. The molecule has 1 unspecified atom stereocenters. The number of nitrogens with one attached hydrogen (secondary N) is 1. The van der Waals surface area contributed by atoms with Crippen LogP contribution in [0.3, 0.4) is 0 Å². The van der Waals surface area contributed by atoms with Crippen LogP contribution in [0.15, 0.2) is 30.3 Å². The maximum atomic E-state index is 12.0. The molecule has 0 spiro atoms. The van der Waals surface area contributed by atoms with Crippen molar-refractivity contribution in [1.29, 1.82) is 0 Å². The molecule has 0 saturated carbocycles. The van der Waals surface area contributed by atoms with Crippen molar-refractivity contribution in [3.05, 3.63) is 35.9 Å². The van der Waals surface area contributed by atoms with Gasteiger partial charge in [-0.05, 0) is 31.7 Å². The van der Waals surface area contributed by atoms with Gasteiger partial charge in [0, 0.05) is 26.2 Å². The van der Waals surface area contributed by atoms with Gasteiger partial charge in [-0.1, -0.05) is 30.3 Å². The molecule has 0 aromatic heterocycles. The van der Waals surface area contributed by atoms with Crippen molar-refractivity contribution in [2.24, 2.45) is 0 Å². The van der Waals surface area contributed by atoms with Crippen molar-refractivity contribution in [2.45, 2.75) is 32.2 Å². The Kier molecular flexibility index (Phi) is 7.15. The fraction of sp³-hybridized carbons (Fsp3) is 0.571. The van der Waals surface area contributed by atoms with Crippen LogP contribution in [0.1, 0.15) is 25.3 Å². The molecule has 0 aliphatic carbocycles. The molecule has 6 heteroatoms. The predicted octanol–water partition coefficient (Wildman–Crippen LogP) is 1.16. The summed E-state index contributed by atoms with van der Waals surface area (Å²) in [6.07, 6.45) is 2.03. The van der Waals surface area contributed by atoms with E-state index in [9.17, 15) is 8.42 Å². The van der Waals surface area contributed by atoms with Gasteiger partial charge in [0.2, 0.25) is 0 Å². The van der Waals surface area contributed by atoms with Gasteiger partial charge in [-0.25, -0.2) is 0 Å². The first-order valence-electron chi connectivity index (χ1n) is 6.84. The Morgan fingerprint density at radius 2 is 1.95 bits per heavy atom. The van der Waals surface area contributed by atoms with Crippen LogP contribution in [0, 0.1) is 0 Å². The Bertz CT molecular complexity index is 476. The van der Waals surface area contributed by atoms with E-state index in [0.29, 0.717) is 13.0 Å². The van der Waals surface area contributed by atoms with Crippen LogP contribution in [0.5, 0.6) is 0 Å². The Morgan fingerprint density at radius 3 is 2.55 bits per heavy atom. The lowest BCUT2D eigenvalue weighted by molar-refractivity contribution is 0.275. The molecule has 1 aromatic carbocycles. The fourth-order valence-corrected chi connectivity index (χ4v) is 3.02. The summed E-state index contributed by atoms with van der Waals surface area (Å²) in [5.41, 5.74) is 1.20. The van der Waals surface area contributed by atoms with E-state index in [4.69, 9.17) is 5.11 Å². The second kappa shape index (κ2) is 8.36. The minimum Gasteiger partial charge on any atom is -0.396 e. The highest BCUT2D eigenvalue weighted by Crippen LogP contribution is 2.06. The number of aryl methyl sites for hydroxylation is 1. The van der Waals surface area contributed by atoms with Crippen LogP contribution >= 0.6 is 0 Å². The zero-order valence-corrected chi connectivity index (χ0v) is 12.9. The highest BCUT2D eigenvalue weighted by molar-refractivity contribution is 7.87. The standard InChI is InChI=1S/C14H24N2O3S/c1-13(9-10-14-7-4-3-5-8-14)15-20(18,19)16(2)11-6-12-17/h3-5,7-8,13,15,17H,6,9-12H2,1-2H3. The summed E-state index contributed by atoms with van der Waals surface area (Å²) in [4.78, 5) is 0. The van der Waals surface area contributed by atoms with E-state index in [-0.39, 0.29) is 12.6 Å². The maximum Gasteiger partial charge on any atom is 0.279 e. The average Bonchev–Trinajstić information content (AvgIpc) is 2.43. The van der Waals surface area contributed by atoms with Crippen molar-refractivity contribution in [1.82, 2.24) is 9.03 Å². The van der Waals surface area contributed by atoms with Crippen LogP contribution in [0.25, 0.3) is 0 Å². The van der Waals surface area contributed by atoms with E-state index in [1.807, 2.05) is 37.3 Å². The van der Waals surface area contributed by atoms with E-state index >= 15 is 0 Å². The molecule has 0 amide bonds. The number of benzene rings is 1. The molecule has 114 valence electrons. The monoisotopic (exact) mass is 300 g/mol. The normalized spacial score (nSPS) is 13.6. The van der Waals surface area contributed by atoms with Gasteiger partial charge in [0.15, 0.2) is 0 Å². The van der Waals surface area contributed by atoms with Crippen molar-refractivity contribution in [2.75, 3.05) is 20.2 Å². The SMILES string of the molecule is CC(CCc1ccccc1)NS(=O)(=O)N(C)CCCO. The van der Waals surface area contributed by atoms with Crippen LogP contribution in [0.4, 0.5) is 0 Å². The van der Waals surface area contributed by atoms with Crippen LogP contribution in [-0.4, -0.2) is 44.1 Å². The number of aliphatic hydroxyl groups is 1. The van der Waals surface area contributed by atoms with Gasteiger partial charge in [0.25, 0.3) is 10.2 Å². The van der Waals surface area contributed by atoms with Gasteiger partial charge in [0.05, 0.1) is 0 Å². The lowest BCUT2D eigenvalue weighted by Gasteiger charge is -2.20. The summed E-state index contributed by atoms with van der Waals surface area (Å²) < 4.78 is 27.9. The van der Waals surface area contributed by atoms with Crippen LogP contribution < -0.4 is 4.72 Å². The molecular formula is C14H24N2O3S. The van der Waals surface area contributed by atoms with Crippen LogP contribution in [0.2, 0.25) is 0 Å². The first kappa shape index (κ1) is 17.1. The van der Waals surface area contributed by atoms with Crippen LogP contribution in [-0.2, 0) is 16.6 Å². The van der Waals surface area contributed by atoms with Crippen molar-refractivity contribution >= 4 is 10.2 Å². The molecule has 0 radical (unpaired) electrons. The highest BCUT2D eigenvalue weighted by Gasteiger charge is 2.19. The number of nitrogens with zero attached hydrogens (tertiary/aromatic N) is 1. The molecule has 0 saturated heterocycles. The number of hydrogen-bond acceptors (Lipinski definition) is 3. The Hall–Kier alpha value is -0.950. The van der Waals surface area contributed by atoms with E-state index in [1.165, 1.54) is 16.9 Å². The molecule has 1 aromatic rings. The molecule has 20 heavy (non-hydrogen) atoms. The molecule has 1 rings (SSSR count). The topological polar surface area (TPSA) is 69.6 Å². The van der Waals surface area contributed by atoms with E-state index < -0.39 is 10.2 Å². The molecule has 1 atom stereocenters. The van der Waals surface area contributed by atoms with Crippen molar-refractivity contribution in [3.63, 3.8) is 0 Å². The molecule has 2 N–H and O–H groups in total. The minimum absolute atomic E-state index is 0.0105. The Labute approximate surface area is 121 Å². The summed E-state index contributed by atoms with van der Waals surface area (Å²) >= 11 is 0. The van der Waals surface area contributed by atoms with Gasteiger partial charge in [-0.15, -0.1) is 0 Å². The molecule has 0 aliphatic heterocycles. The quantitative estimate of drug-likeness (QED) is 0.719. The van der Waals surface area contributed by atoms with E-state index in [0.717, 1.165) is 12.8 Å². The molecule has 0 bridgehead atoms. The summed E-state index contributed by atoms with van der Waals surface area (Å²) in [6.45, 7) is 2.17. The second-order valence-electron chi connectivity index (χ2n) is 4.95. The Balaban J connectivity index is 2.42. The van der Waals surface area contributed by atoms with Gasteiger partial charge < -0.3 is 5.11 Å². The van der Waals surface area contributed by atoms with Gasteiger partial charge in [0.1, 0.15) is 0 Å². The smallest absolute Gasteiger partial charge is 0.279 e. The molecule has 5 nitrogen and oxygen atoms in total. The number of rotatable bonds is 9. The predicted molar refractivity (Wildman–Crippen MR) is 80.6 cm³/mol. The van der Waals surface area contributed by atoms with E-state index in [1.54, 1.807) is 0 Å². The van der Waals surface area contributed by atoms with Gasteiger partial charge in [-0.2, -0.15) is 17.4 Å². The summed E-state index contributed by atoms with van der Waals surface area (Å²) in [5, 5.41) is 8.73. The molecule has 0 heterocycles.